The molecule has 1 amide bonds. The van der Waals surface area contributed by atoms with E-state index in [4.69, 9.17) is 4.98 Å². The second kappa shape index (κ2) is 10.4. The highest BCUT2D eigenvalue weighted by Crippen LogP contribution is 2.19. The normalized spacial score (nSPS) is 11.2. The molecule has 1 aromatic heterocycles. The van der Waals surface area contributed by atoms with Crippen LogP contribution in [0.25, 0.3) is 10.9 Å². The number of benzene rings is 2. The number of fused-ring (bicyclic) bond motifs is 1. The molecule has 0 atom stereocenters. The van der Waals surface area contributed by atoms with Crippen LogP contribution in [0.1, 0.15) is 12.0 Å². The van der Waals surface area contributed by atoms with E-state index >= 15 is 0 Å². The van der Waals surface area contributed by atoms with Gasteiger partial charge < -0.3 is 9.80 Å². The molecular formula is C23H29N4O2S+. The third-order valence-electron chi connectivity index (χ3n) is 4.90. The quantitative estimate of drug-likeness (QED) is 0.419. The smallest absolute Gasteiger partial charge is 0.262 e. The SMILES string of the molecule is CN(Cc1ccccc1)C(=O)CSc1nc2ccccc2c(=O)n1CCC[NH+](C)C. The molecule has 0 spiro atoms. The average molecular weight is 426 g/mol. The van der Waals surface area contributed by atoms with E-state index in [-0.39, 0.29) is 17.2 Å². The molecule has 3 aromatic rings. The number of hydrogen-bond acceptors (Lipinski definition) is 4. The fourth-order valence-electron chi connectivity index (χ4n) is 3.23. The summed E-state index contributed by atoms with van der Waals surface area (Å²) in [6, 6.07) is 17.3. The lowest BCUT2D eigenvalue weighted by molar-refractivity contribution is -0.858. The molecule has 30 heavy (non-hydrogen) atoms. The van der Waals surface area contributed by atoms with Crippen LogP contribution in [0.2, 0.25) is 0 Å². The van der Waals surface area contributed by atoms with Gasteiger partial charge in [-0.05, 0) is 17.7 Å². The van der Waals surface area contributed by atoms with Crippen LogP contribution in [0.4, 0.5) is 0 Å². The number of para-hydroxylation sites is 1. The van der Waals surface area contributed by atoms with Gasteiger partial charge in [0.1, 0.15) is 0 Å². The monoisotopic (exact) mass is 425 g/mol. The van der Waals surface area contributed by atoms with E-state index in [0.717, 1.165) is 18.5 Å². The van der Waals surface area contributed by atoms with Gasteiger partial charge in [0.05, 0.1) is 37.3 Å². The van der Waals surface area contributed by atoms with Crippen molar-refractivity contribution in [3.05, 3.63) is 70.5 Å². The van der Waals surface area contributed by atoms with Gasteiger partial charge in [0.15, 0.2) is 5.16 Å². The average Bonchev–Trinajstić information content (AvgIpc) is 2.74. The first-order chi connectivity index (χ1) is 14.5. The van der Waals surface area contributed by atoms with Gasteiger partial charge in [-0.2, -0.15) is 0 Å². The zero-order valence-electron chi connectivity index (χ0n) is 17.8. The van der Waals surface area contributed by atoms with Crippen molar-refractivity contribution in [3.8, 4) is 0 Å². The van der Waals surface area contributed by atoms with Crippen LogP contribution in [-0.2, 0) is 17.9 Å². The van der Waals surface area contributed by atoms with Crippen LogP contribution in [0.3, 0.4) is 0 Å². The van der Waals surface area contributed by atoms with Crippen LogP contribution in [0.15, 0.2) is 64.5 Å². The largest absolute Gasteiger partial charge is 0.341 e. The Balaban J connectivity index is 1.76. The van der Waals surface area contributed by atoms with Crippen molar-refractivity contribution in [3.63, 3.8) is 0 Å². The predicted molar refractivity (Wildman–Crippen MR) is 122 cm³/mol. The first-order valence-electron chi connectivity index (χ1n) is 10.1. The zero-order valence-corrected chi connectivity index (χ0v) is 18.6. The molecule has 2 aromatic carbocycles. The number of nitrogens with zero attached hydrogens (tertiary/aromatic N) is 3. The highest BCUT2D eigenvalue weighted by atomic mass is 32.2. The Morgan fingerprint density at radius 1 is 1.10 bits per heavy atom. The van der Waals surface area contributed by atoms with Crippen molar-refractivity contribution in [1.82, 2.24) is 14.5 Å². The molecule has 7 heteroatoms. The van der Waals surface area contributed by atoms with Crippen molar-refractivity contribution >= 4 is 28.6 Å². The lowest BCUT2D eigenvalue weighted by Crippen LogP contribution is -3.05. The summed E-state index contributed by atoms with van der Waals surface area (Å²) in [5, 5.41) is 1.22. The summed E-state index contributed by atoms with van der Waals surface area (Å²) in [5.41, 5.74) is 1.72. The second-order valence-corrected chi connectivity index (χ2v) is 8.65. The van der Waals surface area contributed by atoms with Crippen LogP contribution >= 0.6 is 11.8 Å². The minimum atomic E-state index is -0.0399. The molecule has 0 saturated carbocycles. The molecule has 0 aliphatic rings. The van der Waals surface area contributed by atoms with Crippen molar-refractivity contribution in [2.45, 2.75) is 24.7 Å². The summed E-state index contributed by atoms with van der Waals surface area (Å²) in [5.74, 6) is 0.253. The second-order valence-electron chi connectivity index (χ2n) is 7.70. The van der Waals surface area contributed by atoms with Gasteiger partial charge in [0.25, 0.3) is 5.56 Å². The van der Waals surface area contributed by atoms with Crippen LogP contribution in [0.5, 0.6) is 0 Å². The number of quaternary nitrogens is 1. The number of amides is 1. The molecule has 6 nitrogen and oxygen atoms in total. The summed E-state index contributed by atoms with van der Waals surface area (Å²) in [6.45, 7) is 2.12. The molecule has 0 aliphatic heterocycles. The number of hydrogen-bond donors (Lipinski definition) is 1. The maximum atomic E-state index is 13.1. The summed E-state index contributed by atoms with van der Waals surface area (Å²) in [4.78, 5) is 33.5. The van der Waals surface area contributed by atoms with Crippen molar-refractivity contribution < 1.29 is 9.69 Å². The highest BCUT2D eigenvalue weighted by Gasteiger charge is 2.15. The van der Waals surface area contributed by atoms with Crippen LogP contribution < -0.4 is 10.5 Å². The molecule has 1 N–H and O–H groups in total. The Morgan fingerprint density at radius 3 is 2.53 bits per heavy atom. The summed E-state index contributed by atoms with van der Waals surface area (Å²) in [6.07, 6.45) is 0.873. The maximum Gasteiger partial charge on any atom is 0.262 e. The third kappa shape index (κ3) is 5.70. The van der Waals surface area contributed by atoms with Crippen molar-refractivity contribution in [2.75, 3.05) is 33.4 Å². The zero-order chi connectivity index (χ0) is 21.5. The molecule has 0 unspecified atom stereocenters. The van der Waals surface area contributed by atoms with Crippen LogP contribution in [0, 0.1) is 0 Å². The molecule has 0 fully saturated rings. The topological polar surface area (TPSA) is 59.6 Å². The van der Waals surface area contributed by atoms with E-state index in [2.05, 4.69) is 14.1 Å². The molecule has 158 valence electrons. The Bertz CT molecular complexity index is 1050. The Hall–Kier alpha value is -2.64. The number of carbonyl (C=O) groups excluding carboxylic acids is 1. The van der Waals surface area contributed by atoms with Gasteiger partial charge in [0, 0.05) is 26.6 Å². The molecule has 0 saturated heterocycles. The summed E-state index contributed by atoms with van der Waals surface area (Å²) < 4.78 is 1.72. The predicted octanol–water partition coefficient (Wildman–Crippen LogP) is 1.68. The molecule has 0 radical (unpaired) electrons. The van der Waals surface area contributed by atoms with E-state index in [0.29, 0.717) is 29.1 Å². The van der Waals surface area contributed by atoms with Gasteiger partial charge in [-0.3, -0.25) is 14.2 Å². The molecule has 0 aliphatic carbocycles. The fourth-order valence-corrected chi connectivity index (χ4v) is 4.19. The number of aromatic nitrogens is 2. The third-order valence-corrected chi connectivity index (χ3v) is 5.86. The van der Waals surface area contributed by atoms with Gasteiger partial charge in [-0.25, -0.2) is 4.98 Å². The Morgan fingerprint density at radius 2 is 1.80 bits per heavy atom. The lowest BCUT2D eigenvalue weighted by Gasteiger charge is -2.18. The number of nitrogens with one attached hydrogen (secondary N) is 1. The van der Waals surface area contributed by atoms with Crippen LogP contribution in [-0.4, -0.2) is 53.8 Å². The van der Waals surface area contributed by atoms with E-state index in [1.807, 2.05) is 54.6 Å². The van der Waals surface area contributed by atoms with Gasteiger partial charge in [-0.1, -0.05) is 54.2 Å². The van der Waals surface area contributed by atoms with Gasteiger partial charge in [0.2, 0.25) is 5.91 Å². The van der Waals surface area contributed by atoms with Gasteiger partial charge >= 0.3 is 0 Å². The van der Waals surface area contributed by atoms with E-state index in [1.165, 1.54) is 16.7 Å². The molecule has 1 heterocycles. The lowest BCUT2D eigenvalue weighted by atomic mass is 10.2. The maximum absolute atomic E-state index is 13.1. The number of rotatable bonds is 9. The van der Waals surface area contributed by atoms with E-state index < -0.39 is 0 Å². The highest BCUT2D eigenvalue weighted by molar-refractivity contribution is 7.99. The Kier molecular flexibility index (Phi) is 7.65. The molecular weight excluding hydrogens is 396 g/mol. The first kappa shape index (κ1) is 22.1. The molecule has 0 bridgehead atoms. The standard InChI is InChI=1S/C23H28N4O2S/c1-25(2)14-9-15-27-22(29)19-12-7-8-13-20(19)24-23(27)30-17-21(28)26(3)16-18-10-5-4-6-11-18/h4-8,10-13H,9,14-17H2,1-3H3/p+1. The fraction of sp³-hybridized carbons (Fsp3) is 0.348. The van der Waals surface area contributed by atoms with Crippen molar-refractivity contribution in [2.24, 2.45) is 0 Å². The number of thioether (sulfide) groups is 1. The van der Waals surface area contributed by atoms with Gasteiger partial charge in [-0.15, -0.1) is 0 Å². The van der Waals surface area contributed by atoms with E-state index in [9.17, 15) is 9.59 Å². The number of carbonyl (C=O) groups is 1. The first-order valence-corrected chi connectivity index (χ1v) is 11.1. The molecule has 3 rings (SSSR count). The Labute approximate surface area is 181 Å². The minimum absolute atomic E-state index is 0.00977. The minimum Gasteiger partial charge on any atom is -0.341 e. The van der Waals surface area contributed by atoms with E-state index in [1.54, 1.807) is 16.5 Å². The summed E-state index contributed by atoms with van der Waals surface area (Å²) in [7, 11) is 5.99. The van der Waals surface area contributed by atoms with Crippen molar-refractivity contribution in [1.29, 1.82) is 0 Å². The summed E-state index contributed by atoms with van der Waals surface area (Å²) >= 11 is 1.34.